The van der Waals surface area contributed by atoms with Crippen LogP contribution in [0, 0.1) is 25.2 Å². The van der Waals surface area contributed by atoms with Gasteiger partial charge in [-0.15, -0.1) is 0 Å². The van der Waals surface area contributed by atoms with E-state index in [9.17, 15) is 9.59 Å². The smallest absolute Gasteiger partial charge is 0.259 e. The molecule has 0 aromatic carbocycles. The second-order valence-electron chi connectivity index (χ2n) is 9.39. The van der Waals surface area contributed by atoms with Crippen molar-refractivity contribution in [1.82, 2.24) is 24.5 Å². The summed E-state index contributed by atoms with van der Waals surface area (Å²) in [6.45, 7) is 5.68. The van der Waals surface area contributed by atoms with Crippen LogP contribution in [-0.2, 0) is 11.8 Å². The molecule has 8 heteroatoms. The van der Waals surface area contributed by atoms with Gasteiger partial charge < -0.3 is 18.9 Å². The van der Waals surface area contributed by atoms with Crippen LogP contribution in [0.15, 0.2) is 17.0 Å². The van der Waals surface area contributed by atoms with Crippen molar-refractivity contribution in [3.8, 4) is 0 Å². The van der Waals surface area contributed by atoms with Crippen LogP contribution in [0.1, 0.15) is 65.7 Å². The van der Waals surface area contributed by atoms with Crippen molar-refractivity contribution in [3.63, 3.8) is 0 Å². The van der Waals surface area contributed by atoms with E-state index in [1.165, 1.54) is 12.8 Å². The quantitative estimate of drug-likeness (QED) is 0.772. The van der Waals surface area contributed by atoms with Crippen molar-refractivity contribution in [3.05, 3.63) is 35.2 Å². The number of aryl methyl sites for hydroxylation is 3. The first-order valence-corrected chi connectivity index (χ1v) is 10.9. The zero-order valence-electron chi connectivity index (χ0n) is 17.9. The molecular weight excluding hydrogens is 382 g/mol. The number of piperidine rings is 1. The Morgan fingerprint density at radius 2 is 2.13 bits per heavy atom. The molecule has 5 rings (SSSR count). The van der Waals surface area contributed by atoms with Gasteiger partial charge in [-0.2, -0.15) is 0 Å². The van der Waals surface area contributed by atoms with Gasteiger partial charge in [0, 0.05) is 32.9 Å². The van der Waals surface area contributed by atoms with Gasteiger partial charge in [0.2, 0.25) is 5.91 Å². The van der Waals surface area contributed by atoms with E-state index in [4.69, 9.17) is 4.52 Å². The summed E-state index contributed by atoms with van der Waals surface area (Å²) in [7, 11) is 1.92. The SMILES string of the molecule is Cc1noc(C)c1C(=O)N1CC2(CCCN(CC3CC3)C2=O)CC1c1cn(C)cn1. The summed E-state index contributed by atoms with van der Waals surface area (Å²) in [5.74, 6) is 1.28. The van der Waals surface area contributed by atoms with Crippen molar-refractivity contribution in [1.29, 1.82) is 0 Å². The van der Waals surface area contributed by atoms with Gasteiger partial charge >= 0.3 is 0 Å². The normalized spacial score (nSPS) is 26.8. The van der Waals surface area contributed by atoms with Gasteiger partial charge in [-0.3, -0.25) is 9.59 Å². The number of carbonyl (C=O) groups is 2. The van der Waals surface area contributed by atoms with Crippen LogP contribution in [0.2, 0.25) is 0 Å². The topological polar surface area (TPSA) is 84.5 Å². The van der Waals surface area contributed by atoms with Gasteiger partial charge in [-0.05, 0) is 51.9 Å². The molecule has 1 aliphatic carbocycles. The third kappa shape index (κ3) is 3.13. The maximum absolute atomic E-state index is 13.6. The highest BCUT2D eigenvalue weighted by Gasteiger charge is 2.55. The molecule has 2 unspecified atom stereocenters. The third-order valence-corrected chi connectivity index (χ3v) is 7.01. The molecule has 2 aliphatic heterocycles. The number of rotatable bonds is 4. The molecule has 0 bridgehead atoms. The Balaban J connectivity index is 1.50. The van der Waals surface area contributed by atoms with E-state index in [0.717, 1.165) is 31.6 Å². The summed E-state index contributed by atoms with van der Waals surface area (Å²) in [4.78, 5) is 35.7. The Bertz CT molecular complexity index is 971. The zero-order chi connectivity index (χ0) is 21.0. The summed E-state index contributed by atoms with van der Waals surface area (Å²) >= 11 is 0. The molecule has 2 aromatic heterocycles. The van der Waals surface area contributed by atoms with Crippen LogP contribution in [0.25, 0.3) is 0 Å². The van der Waals surface area contributed by atoms with Crippen LogP contribution in [0.4, 0.5) is 0 Å². The van der Waals surface area contributed by atoms with Gasteiger partial charge in [-0.1, -0.05) is 5.16 Å². The number of imidazole rings is 1. The summed E-state index contributed by atoms with van der Waals surface area (Å²) in [5.41, 5.74) is 1.40. The first kappa shape index (κ1) is 19.3. The summed E-state index contributed by atoms with van der Waals surface area (Å²) < 4.78 is 7.14. The minimum absolute atomic E-state index is 0.120. The van der Waals surface area contributed by atoms with Gasteiger partial charge in [0.05, 0.1) is 29.2 Å². The number of likely N-dealkylation sites (tertiary alicyclic amines) is 2. The van der Waals surface area contributed by atoms with Crippen molar-refractivity contribution in [2.24, 2.45) is 18.4 Å². The molecule has 0 N–H and O–H groups in total. The van der Waals surface area contributed by atoms with Crippen molar-refractivity contribution in [2.75, 3.05) is 19.6 Å². The molecule has 2 saturated heterocycles. The Morgan fingerprint density at radius 1 is 1.33 bits per heavy atom. The minimum Gasteiger partial charge on any atom is -0.361 e. The Morgan fingerprint density at radius 3 is 2.77 bits per heavy atom. The Kier molecular flexibility index (Phi) is 4.48. The highest BCUT2D eigenvalue weighted by atomic mass is 16.5. The molecule has 1 saturated carbocycles. The lowest BCUT2D eigenvalue weighted by molar-refractivity contribution is -0.145. The molecule has 4 heterocycles. The van der Waals surface area contributed by atoms with Crippen LogP contribution in [0.5, 0.6) is 0 Å². The lowest BCUT2D eigenvalue weighted by Crippen LogP contribution is -2.51. The number of hydrogen-bond acceptors (Lipinski definition) is 5. The predicted octanol–water partition coefficient (Wildman–Crippen LogP) is 2.63. The highest BCUT2D eigenvalue weighted by Crippen LogP contribution is 2.49. The molecule has 30 heavy (non-hydrogen) atoms. The number of hydrogen-bond donors (Lipinski definition) is 0. The zero-order valence-corrected chi connectivity index (χ0v) is 17.9. The van der Waals surface area contributed by atoms with E-state index in [0.29, 0.717) is 35.9 Å². The number of carbonyl (C=O) groups excluding carboxylic acids is 2. The summed E-state index contributed by atoms with van der Waals surface area (Å²) in [6.07, 6.45) is 8.59. The van der Waals surface area contributed by atoms with Crippen LogP contribution in [-0.4, -0.2) is 56.0 Å². The van der Waals surface area contributed by atoms with Gasteiger partial charge in [0.15, 0.2) is 0 Å². The highest BCUT2D eigenvalue weighted by molar-refractivity contribution is 5.97. The van der Waals surface area contributed by atoms with Crippen molar-refractivity contribution in [2.45, 2.75) is 52.0 Å². The molecule has 3 fully saturated rings. The Hall–Kier alpha value is -2.64. The summed E-state index contributed by atoms with van der Waals surface area (Å²) in [6, 6.07) is -0.225. The summed E-state index contributed by atoms with van der Waals surface area (Å²) in [5, 5.41) is 3.96. The van der Waals surface area contributed by atoms with Gasteiger partial charge in [-0.25, -0.2) is 4.98 Å². The second kappa shape index (κ2) is 6.96. The second-order valence-corrected chi connectivity index (χ2v) is 9.39. The fourth-order valence-electron chi connectivity index (χ4n) is 5.27. The molecule has 0 radical (unpaired) electrons. The van der Waals surface area contributed by atoms with Crippen LogP contribution < -0.4 is 0 Å². The average molecular weight is 412 g/mol. The largest absolute Gasteiger partial charge is 0.361 e. The maximum atomic E-state index is 13.6. The number of amides is 2. The number of nitrogens with zero attached hydrogens (tertiary/aromatic N) is 5. The number of aromatic nitrogens is 3. The van der Waals surface area contributed by atoms with Crippen LogP contribution >= 0.6 is 0 Å². The maximum Gasteiger partial charge on any atom is 0.259 e. The molecule has 2 amide bonds. The fourth-order valence-corrected chi connectivity index (χ4v) is 5.27. The third-order valence-electron chi connectivity index (χ3n) is 7.01. The van der Waals surface area contributed by atoms with E-state index in [1.54, 1.807) is 20.2 Å². The van der Waals surface area contributed by atoms with E-state index in [-0.39, 0.29) is 17.9 Å². The molecule has 3 aliphatic rings. The molecule has 1 spiro atoms. The fraction of sp³-hybridized carbons (Fsp3) is 0.636. The molecular formula is C22H29N5O3. The first-order valence-electron chi connectivity index (χ1n) is 10.9. The molecule has 8 nitrogen and oxygen atoms in total. The van der Waals surface area contributed by atoms with Crippen molar-refractivity contribution < 1.29 is 14.1 Å². The van der Waals surface area contributed by atoms with E-state index >= 15 is 0 Å². The van der Waals surface area contributed by atoms with Gasteiger partial charge in [0.25, 0.3) is 5.91 Å². The van der Waals surface area contributed by atoms with Gasteiger partial charge in [0.1, 0.15) is 11.3 Å². The monoisotopic (exact) mass is 411 g/mol. The Labute approximate surface area is 176 Å². The predicted molar refractivity (Wildman–Crippen MR) is 109 cm³/mol. The average Bonchev–Trinajstić information content (AvgIpc) is 3.13. The van der Waals surface area contributed by atoms with E-state index in [1.807, 2.05) is 22.7 Å². The first-order chi connectivity index (χ1) is 14.4. The van der Waals surface area contributed by atoms with Crippen molar-refractivity contribution >= 4 is 11.8 Å². The molecule has 2 aromatic rings. The molecule has 160 valence electrons. The van der Waals surface area contributed by atoms with E-state index in [2.05, 4.69) is 15.0 Å². The lowest BCUT2D eigenvalue weighted by Gasteiger charge is -2.39. The van der Waals surface area contributed by atoms with Crippen LogP contribution in [0.3, 0.4) is 0 Å². The lowest BCUT2D eigenvalue weighted by atomic mass is 9.76. The molecule has 2 atom stereocenters. The van der Waals surface area contributed by atoms with E-state index < -0.39 is 5.41 Å². The standard InChI is InChI=1S/C22H29N5O3/c1-14-19(15(2)30-24-14)20(28)27-12-22(9-18(27)17-11-25(3)13-23-17)7-4-8-26(21(22)29)10-16-5-6-16/h11,13,16,18H,4-10,12H2,1-3H3. The minimum atomic E-state index is -0.524.